The van der Waals surface area contributed by atoms with Gasteiger partial charge in [-0.25, -0.2) is 4.98 Å². The van der Waals surface area contributed by atoms with Crippen molar-refractivity contribution in [1.29, 1.82) is 0 Å². The van der Waals surface area contributed by atoms with Crippen LogP contribution < -0.4 is 5.73 Å². The van der Waals surface area contributed by atoms with Crippen molar-refractivity contribution in [2.45, 2.75) is 6.54 Å². The third-order valence-corrected chi connectivity index (χ3v) is 1.40. The maximum atomic E-state index is 5.63. The van der Waals surface area contributed by atoms with Crippen molar-refractivity contribution in [3.63, 3.8) is 0 Å². The number of hydrogen-bond donors (Lipinski definition) is 1. The number of aromatic nitrogens is 1. The van der Waals surface area contributed by atoms with Gasteiger partial charge in [0.2, 0.25) is 0 Å². The Bertz CT molecular complexity index is 203. The molecule has 10 heavy (non-hydrogen) atoms. The monoisotopic (exact) mass is 178 g/mol. The summed E-state index contributed by atoms with van der Waals surface area (Å²) >= 11 is 5.63. The van der Waals surface area contributed by atoms with Gasteiger partial charge < -0.3 is 5.73 Å². The van der Waals surface area contributed by atoms with Crippen molar-refractivity contribution in [2.75, 3.05) is 0 Å². The van der Waals surface area contributed by atoms with Crippen LogP contribution in [0.4, 0.5) is 0 Å². The second-order valence-corrected chi connectivity index (χ2v) is 2.02. The molecule has 56 valence electrons. The van der Waals surface area contributed by atoms with E-state index in [1.54, 1.807) is 6.20 Å². The van der Waals surface area contributed by atoms with Crippen LogP contribution in [-0.2, 0) is 6.54 Å². The summed E-state index contributed by atoms with van der Waals surface area (Å²) in [7, 11) is 0. The van der Waals surface area contributed by atoms with Crippen LogP contribution >= 0.6 is 24.0 Å². The van der Waals surface area contributed by atoms with E-state index in [0.717, 1.165) is 5.56 Å². The molecule has 1 aromatic rings. The minimum Gasteiger partial charge on any atom is -0.326 e. The lowest BCUT2D eigenvalue weighted by molar-refractivity contribution is 1.05. The van der Waals surface area contributed by atoms with Gasteiger partial charge in [-0.15, -0.1) is 12.4 Å². The molecule has 0 atom stereocenters. The van der Waals surface area contributed by atoms with Gasteiger partial charge in [0.05, 0.1) is 0 Å². The average Bonchev–Trinajstić information content (AvgIpc) is 1.89. The van der Waals surface area contributed by atoms with E-state index in [2.05, 4.69) is 4.98 Å². The minimum absolute atomic E-state index is 0. The summed E-state index contributed by atoms with van der Waals surface area (Å²) in [5.41, 5.74) is 6.21. The molecule has 0 saturated heterocycles. The SMILES string of the molecule is Cl.NCc1cccnc1Cl. The van der Waals surface area contributed by atoms with E-state index in [0.29, 0.717) is 11.7 Å². The number of halogens is 2. The van der Waals surface area contributed by atoms with E-state index < -0.39 is 0 Å². The van der Waals surface area contributed by atoms with Crippen LogP contribution in [0.5, 0.6) is 0 Å². The van der Waals surface area contributed by atoms with Crippen LogP contribution in [0.25, 0.3) is 0 Å². The maximum absolute atomic E-state index is 5.63. The van der Waals surface area contributed by atoms with Gasteiger partial charge in [-0.2, -0.15) is 0 Å². The second kappa shape index (κ2) is 4.50. The smallest absolute Gasteiger partial charge is 0.133 e. The standard InChI is InChI=1S/C6H7ClN2.ClH/c7-6-5(4-8)2-1-3-9-6;/h1-3H,4,8H2;1H. The zero-order valence-corrected chi connectivity index (χ0v) is 6.82. The van der Waals surface area contributed by atoms with Crippen LogP contribution in [0.1, 0.15) is 5.56 Å². The summed E-state index contributed by atoms with van der Waals surface area (Å²) in [4.78, 5) is 3.84. The van der Waals surface area contributed by atoms with Gasteiger partial charge in [0.1, 0.15) is 5.15 Å². The molecule has 0 amide bonds. The fourth-order valence-corrected chi connectivity index (χ4v) is 0.768. The molecule has 0 radical (unpaired) electrons. The topological polar surface area (TPSA) is 38.9 Å². The van der Waals surface area contributed by atoms with E-state index in [-0.39, 0.29) is 12.4 Å². The molecule has 2 N–H and O–H groups in total. The predicted octanol–water partition coefficient (Wildman–Crippen LogP) is 1.62. The lowest BCUT2D eigenvalue weighted by atomic mass is 10.3. The first-order valence-electron chi connectivity index (χ1n) is 2.64. The van der Waals surface area contributed by atoms with Gasteiger partial charge in [0.25, 0.3) is 0 Å². The van der Waals surface area contributed by atoms with Crippen molar-refractivity contribution in [3.8, 4) is 0 Å². The Balaban J connectivity index is 0.000000810. The van der Waals surface area contributed by atoms with Crippen molar-refractivity contribution >= 4 is 24.0 Å². The van der Waals surface area contributed by atoms with Crippen LogP contribution in [0.3, 0.4) is 0 Å². The zero-order chi connectivity index (χ0) is 6.69. The molecule has 1 aromatic heterocycles. The lowest BCUT2D eigenvalue weighted by Crippen LogP contribution is -1.97. The highest BCUT2D eigenvalue weighted by molar-refractivity contribution is 6.30. The molecule has 4 heteroatoms. The highest BCUT2D eigenvalue weighted by atomic mass is 35.5. The summed E-state index contributed by atoms with van der Waals surface area (Å²) in [6, 6.07) is 3.67. The molecule has 0 fully saturated rings. The molecule has 0 spiro atoms. The van der Waals surface area contributed by atoms with Crippen LogP contribution in [-0.4, -0.2) is 4.98 Å². The lowest BCUT2D eigenvalue weighted by Gasteiger charge is -1.95. The molecule has 0 aliphatic carbocycles. The molecular weight excluding hydrogens is 171 g/mol. The van der Waals surface area contributed by atoms with Gasteiger partial charge in [-0.05, 0) is 6.07 Å². The van der Waals surface area contributed by atoms with Crippen LogP contribution in [0.2, 0.25) is 5.15 Å². The van der Waals surface area contributed by atoms with Crippen molar-refractivity contribution < 1.29 is 0 Å². The highest BCUT2D eigenvalue weighted by Crippen LogP contribution is 2.09. The van der Waals surface area contributed by atoms with E-state index in [4.69, 9.17) is 17.3 Å². The third-order valence-electron chi connectivity index (χ3n) is 1.06. The first-order chi connectivity index (χ1) is 4.34. The Labute approximate surface area is 70.8 Å². The molecular formula is C6H8Cl2N2. The van der Waals surface area contributed by atoms with Gasteiger partial charge >= 0.3 is 0 Å². The fourth-order valence-electron chi connectivity index (χ4n) is 0.572. The minimum atomic E-state index is 0. The average molecular weight is 179 g/mol. The molecule has 0 aromatic carbocycles. The maximum Gasteiger partial charge on any atom is 0.133 e. The number of nitrogens with zero attached hydrogens (tertiary/aromatic N) is 1. The molecule has 2 nitrogen and oxygen atoms in total. The number of hydrogen-bond acceptors (Lipinski definition) is 2. The van der Waals surface area contributed by atoms with E-state index >= 15 is 0 Å². The molecule has 0 saturated carbocycles. The Kier molecular flexibility index (Phi) is 4.36. The Morgan fingerprint density at radius 2 is 2.30 bits per heavy atom. The quantitative estimate of drug-likeness (QED) is 0.665. The molecule has 1 rings (SSSR count). The molecule has 1 heterocycles. The van der Waals surface area contributed by atoms with Gasteiger partial charge in [-0.1, -0.05) is 17.7 Å². The predicted molar refractivity (Wildman–Crippen MR) is 44.4 cm³/mol. The summed E-state index contributed by atoms with van der Waals surface area (Å²) < 4.78 is 0. The first kappa shape index (κ1) is 9.69. The fraction of sp³-hybridized carbons (Fsp3) is 0.167. The molecule has 0 aliphatic heterocycles. The van der Waals surface area contributed by atoms with Gasteiger partial charge in [0, 0.05) is 18.3 Å². The zero-order valence-electron chi connectivity index (χ0n) is 5.25. The summed E-state index contributed by atoms with van der Waals surface area (Å²) in [6.45, 7) is 0.451. The normalized spacial score (nSPS) is 8.60. The molecule has 0 unspecified atom stereocenters. The summed E-state index contributed by atoms with van der Waals surface area (Å²) in [5, 5.41) is 0.500. The summed E-state index contributed by atoms with van der Waals surface area (Å²) in [5.74, 6) is 0. The van der Waals surface area contributed by atoms with Crippen LogP contribution in [0.15, 0.2) is 18.3 Å². The second-order valence-electron chi connectivity index (χ2n) is 1.66. The van der Waals surface area contributed by atoms with Crippen molar-refractivity contribution in [1.82, 2.24) is 4.98 Å². The molecule has 0 aliphatic rings. The van der Waals surface area contributed by atoms with Crippen LogP contribution in [0, 0.1) is 0 Å². The van der Waals surface area contributed by atoms with E-state index in [1.807, 2.05) is 12.1 Å². The van der Waals surface area contributed by atoms with E-state index in [9.17, 15) is 0 Å². The molecule has 0 bridgehead atoms. The number of rotatable bonds is 1. The van der Waals surface area contributed by atoms with Crippen molar-refractivity contribution in [3.05, 3.63) is 29.0 Å². The summed E-state index contributed by atoms with van der Waals surface area (Å²) in [6.07, 6.45) is 1.64. The van der Waals surface area contributed by atoms with E-state index in [1.165, 1.54) is 0 Å². The first-order valence-corrected chi connectivity index (χ1v) is 3.02. The Morgan fingerprint density at radius 3 is 2.70 bits per heavy atom. The third kappa shape index (κ3) is 2.14. The Morgan fingerprint density at radius 1 is 1.60 bits per heavy atom. The number of nitrogens with two attached hydrogens (primary N) is 1. The van der Waals surface area contributed by atoms with Gasteiger partial charge in [0.15, 0.2) is 0 Å². The van der Waals surface area contributed by atoms with Gasteiger partial charge in [-0.3, -0.25) is 0 Å². The highest BCUT2D eigenvalue weighted by Gasteiger charge is 1.93. The largest absolute Gasteiger partial charge is 0.326 e. The Hall–Kier alpha value is -0.310. The van der Waals surface area contributed by atoms with Crippen molar-refractivity contribution in [2.24, 2.45) is 5.73 Å². The number of pyridine rings is 1.